The molecule has 0 aliphatic carbocycles. The van der Waals surface area contributed by atoms with Crippen LogP contribution in [-0.4, -0.2) is 22.3 Å². The van der Waals surface area contributed by atoms with Crippen LogP contribution in [0, 0.1) is 6.92 Å². The SMILES string of the molecule is CCCCCOc1cc(=NC(=O)Cc2cccc(C)c2)cnn1-c1ccccc1. The molecule has 0 saturated heterocycles. The number of amides is 1. The van der Waals surface area contributed by atoms with Crippen LogP contribution in [0.5, 0.6) is 5.88 Å². The Kier molecular flexibility index (Phi) is 7.34. The number of benzene rings is 2. The Bertz CT molecular complexity index is 1010. The summed E-state index contributed by atoms with van der Waals surface area (Å²) in [6.07, 6.45) is 5.07. The number of ether oxygens (including phenoxy) is 1. The first-order chi connectivity index (χ1) is 14.2. The molecule has 3 aromatic rings. The van der Waals surface area contributed by atoms with E-state index < -0.39 is 0 Å². The fourth-order valence-corrected chi connectivity index (χ4v) is 3.03. The van der Waals surface area contributed by atoms with Crippen LogP contribution in [-0.2, 0) is 11.2 Å². The number of hydrogen-bond acceptors (Lipinski definition) is 3. The van der Waals surface area contributed by atoms with Crippen molar-refractivity contribution >= 4 is 5.91 Å². The van der Waals surface area contributed by atoms with Gasteiger partial charge in [0.05, 0.1) is 30.3 Å². The lowest BCUT2D eigenvalue weighted by molar-refractivity contribution is -0.117. The van der Waals surface area contributed by atoms with Gasteiger partial charge in [-0.05, 0) is 31.0 Å². The number of rotatable bonds is 8. The summed E-state index contributed by atoms with van der Waals surface area (Å²) < 4.78 is 7.71. The number of nitrogens with zero attached hydrogens (tertiary/aromatic N) is 3. The zero-order valence-electron chi connectivity index (χ0n) is 17.0. The molecule has 1 amide bonds. The fourth-order valence-electron chi connectivity index (χ4n) is 3.03. The molecule has 0 bridgehead atoms. The van der Waals surface area contributed by atoms with E-state index in [1.807, 2.05) is 61.5 Å². The van der Waals surface area contributed by atoms with Gasteiger partial charge in [0.15, 0.2) is 0 Å². The van der Waals surface area contributed by atoms with Gasteiger partial charge in [0.25, 0.3) is 5.91 Å². The van der Waals surface area contributed by atoms with Gasteiger partial charge in [0.1, 0.15) is 0 Å². The highest BCUT2D eigenvalue weighted by Gasteiger charge is 2.07. The molecular weight excluding hydrogens is 362 g/mol. The van der Waals surface area contributed by atoms with Gasteiger partial charge in [-0.25, -0.2) is 9.67 Å². The minimum Gasteiger partial charge on any atom is -0.478 e. The van der Waals surface area contributed by atoms with Gasteiger partial charge >= 0.3 is 0 Å². The Morgan fingerprint density at radius 2 is 1.90 bits per heavy atom. The fraction of sp³-hybridized carbons (Fsp3) is 0.292. The third kappa shape index (κ3) is 6.14. The first-order valence-electron chi connectivity index (χ1n) is 10.1. The maximum Gasteiger partial charge on any atom is 0.250 e. The molecule has 3 rings (SSSR count). The molecule has 1 aromatic heterocycles. The van der Waals surface area contributed by atoms with Crippen molar-refractivity contribution < 1.29 is 9.53 Å². The molecule has 2 aromatic carbocycles. The quantitative estimate of drug-likeness (QED) is 0.536. The van der Waals surface area contributed by atoms with Gasteiger partial charge in [-0.1, -0.05) is 67.8 Å². The lowest BCUT2D eigenvalue weighted by atomic mass is 10.1. The van der Waals surface area contributed by atoms with Crippen LogP contribution >= 0.6 is 0 Å². The standard InChI is InChI=1S/C24H27N3O2/c1-3-4-8-14-29-24-17-21(18-25-27(24)22-12-6-5-7-13-22)26-23(28)16-20-11-9-10-19(2)15-20/h5-7,9-13,15,17-18H,3-4,8,14,16H2,1-2H3. The summed E-state index contributed by atoms with van der Waals surface area (Å²) >= 11 is 0. The van der Waals surface area contributed by atoms with Gasteiger partial charge in [-0.15, -0.1) is 0 Å². The molecular formula is C24H27N3O2. The van der Waals surface area contributed by atoms with Crippen molar-refractivity contribution in [2.45, 2.75) is 39.5 Å². The van der Waals surface area contributed by atoms with Crippen LogP contribution in [0.4, 0.5) is 0 Å². The predicted octanol–water partition coefficient (Wildman–Crippen LogP) is 4.42. The van der Waals surface area contributed by atoms with E-state index >= 15 is 0 Å². The van der Waals surface area contributed by atoms with Crippen molar-refractivity contribution in [3.05, 3.63) is 83.3 Å². The second-order valence-electron chi connectivity index (χ2n) is 7.03. The first kappa shape index (κ1) is 20.5. The molecule has 5 heteroatoms. The minimum atomic E-state index is -0.202. The highest BCUT2D eigenvalue weighted by atomic mass is 16.5. The van der Waals surface area contributed by atoms with E-state index in [1.165, 1.54) is 0 Å². The van der Waals surface area contributed by atoms with Crippen LogP contribution in [0.3, 0.4) is 0 Å². The summed E-state index contributed by atoms with van der Waals surface area (Å²) in [5.41, 5.74) is 2.98. The molecule has 0 N–H and O–H groups in total. The summed E-state index contributed by atoms with van der Waals surface area (Å²) in [6.45, 7) is 4.77. The van der Waals surface area contributed by atoms with E-state index in [9.17, 15) is 4.79 Å². The molecule has 29 heavy (non-hydrogen) atoms. The van der Waals surface area contributed by atoms with Crippen LogP contribution in [0.15, 0.2) is 71.9 Å². The number of carbonyl (C=O) groups is 1. The monoisotopic (exact) mass is 389 g/mol. The van der Waals surface area contributed by atoms with Gasteiger partial charge in [0.2, 0.25) is 5.88 Å². The number of aryl methyl sites for hydroxylation is 1. The minimum absolute atomic E-state index is 0.202. The van der Waals surface area contributed by atoms with Crippen LogP contribution in [0.2, 0.25) is 0 Å². The summed E-state index contributed by atoms with van der Waals surface area (Å²) in [4.78, 5) is 16.6. The van der Waals surface area contributed by atoms with Crippen molar-refractivity contribution in [1.29, 1.82) is 0 Å². The molecule has 1 heterocycles. The van der Waals surface area contributed by atoms with Crippen LogP contribution in [0.1, 0.15) is 37.3 Å². The molecule has 150 valence electrons. The van der Waals surface area contributed by atoms with Gasteiger partial charge in [-0.2, -0.15) is 5.10 Å². The van der Waals surface area contributed by atoms with E-state index in [4.69, 9.17) is 4.74 Å². The molecule has 0 saturated carbocycles. The predicted molar refractivity (Wildman–Crippen MR) is 114 cm³/mol. The maximum atomic E-state index is 12.4. The van der Waals surface area contributed by atoms with Gasteiger partial charge < -0.3 is 4.74 Å². The lowest BCUT2D eigenvalue weighted by Crippen LogP contribution is -2.16. The van der Waals surface area contributed by atoms with Crippen molar-refractivity contribution in [2.75, 3.05) is 6.61 Å². The summed E-state index contributed by atoms with van der Waals surface area (Å²) in [5.74, 6) is 0.378. The number of para-hydroxylation sites is 1. The van der Waals surface area contributed by atoms with Crippen molar-refractivity contribution in [1.82, 2.24) is 9.78 Å². The van der Waals surface area contributed by atoms with E-state index in [0.29, 0.717) is 17.8 Å². The number of hydrogen-bond donors (Lipinski definition) is 0. The largest absolute Gasteiger partial charge is 0.478 e. The van der Waals surface area contributed by atoms with Gasteiger partial charge in [0, 0.05) is 6.07 Å². The highest BCUT2D eigenvalue weighted by Crippen LogP contribution is 2.15. The summed E-state index contributed by atoms with van der Waals surface area (Å²) in [7, 11) is 0. The first-order valence-corrected chi connectivity index (χ1v) is 10.1. The van der Waals surface area contributed by atoms with E-state index in [0.717, 1.165) is 36.1 Å². The van der Waals surface area contributed by atoms with E-state index in [1.54, 1.807) is 16.9 Å². The molecule has 0 aliphatic heterocycles. The third-order valence-electron chi connectivity index (χ3n) is 4.48. The lowest BCUT2D eigenvalue weighted by Gasteiger charge is -2.13. The van der Waals surface area contributed by atoms with Crippen molar-refractivity contribution in [3.8, 4) is 11.6 Å². The zero-order valence-corrected chi connectivity index (χ0v) is 17.0. The summed E-state index contributed by atoms with van der Waals surface area (Å²) in [5, 5.41) is 4.97. The Hall–Kier alpha value is -3.21. The molecule has 0 unspecified atom stereocenters. The Morgan fingerprint density at radius 3 is 2.66 bits per heavy atom. The molecule has 0 aliphatic rings. The van der Waals surface area contributed by atoms with Crippen LogP contribution < -0.4 is 10.1 Å². The number of unbranched alkanes of at least 4 members (excludes halogenated alkanes) is 2. The number of aromatic nitrogens is 2. The number of carbonyl (C=O) groups excluding carboxylic acids is 1. The maximum absolute atomic E-state index is 12.4. The Balaban J connectivity index is 1.84. The molecule has 0 radical (unpaired) electrons. The second kappa shape index (κ2) is 10.4. The van der Waals surface area contributed by atoms with E-state index in [2.05, 4.69) is 17.0 Å². The summed E-state index contributed by atoms with van der Waals surface area (Å²) in [6, 6.07) is 19.5. The molecule has 0 atom stereocenters. The average molecular weight is 389 g/mol. The Labute approximate surface area is 171 Å². The van der Waals surface area contributed by atoms with Crippen LogP contribution in [0.25, 0.3) is 5.69 Å². The molecule has 5 nitrogen and oxygen atoms in total. The average Bonchev–Trinajstić information content (AvgIpc) is 2.72. The smallest absolute Gasteiger partial charge is 0.250 e. The molecule has 0 spiro atoms. The van der Waals surface area contributed by atoms with Gasteiger partial charge in [-0.3, -0.25) is 4.79 Å². The van der Waals surface area contributed by atoms with Crippen molar-refractivity contribution in [2.24, 2.45) is 4.99 Å². The Morgan fingerprint density at radius 1 is 1.07 bits per heavy atom. The highest BCUT2D eigenvalue weighted by molar-refractivity contribution is 5.79. The third-order valence-corrected chi connectivity index (χ3v) is 4.48. The van der Waals surface area contributed by atoms with Crippen molar-refractivity contribution in [3.63, 3.8) is 0 Å². The zero-order chi connectivity index (χ0) is 20.5. The normalized spacial score (nSPS) is 11.4. The van der Waals surface area contributed by atoms with E-state index in [-0.39, 0.29) is 12.3 Å². The molecule has 0 fully saturated rings. The second-order valence-corrected chi connectivity index (χ2v) is 7.03. The topological polar surface area (TPSA) is 56.5 Å².